The molecule has 1 fully saturated rings. The number of amidine groups is 1. The van der Waals surface area contributed by atoms with Crippen molar-refractivity contribution in [3.8, 4) is 5.75 Å². The van der Waals surface area contributed by atoms with Gasteiger partial charge in [-0.3, -0.25) is 14.5 Å². The van der Waals surface area contributed by atoms with E-state index in [0.29, 0.717) is 40.3 Å². The molecule has 3 aromatic rings. The topological polar surface area (TPSA) is 74.2 Å². The highest BCUT2D eigenvalue weighted by molar-refractivity contribution is 8.19. The van der Waals surface area contributed by atoms with Crippen LogP contribution in [-0.4, -0.2) is 35.5 Å². The van der Waals surface area contributed by atoms with E-state index in [4.69, 9.17) is 9.73 Å². The number of para-hydroxylation sites is 1. The van der Waals surface area contributed by atoms with E-state index in [1.165, 1.54) is 18.7 Å². The lowest BCUT2D eigenvalue weighted by Crippen LogP contribution is -2.29. The van der Waals surface area contributed by atoms with E-state index >= 15 is 0 Å². The van der Waals surface area contributed by atoms with Gasteiger partial charge in [0.05, 0.1) is 23.9 Å². The van der Waals surface area contributed by atoms with Gasteiger partial charge in [-0.05, 0) is 54.6 Å². The summed E-state index contributed by atoms with van der Waals surface area (Å²) in [5.74, 6) is 0.315. The number of aliphatic imine (C=N–C) groups is 1. The lowest BCUT2D eigenvalue weighted by molar-refractivity contribution is -0.122. The molecule has 5 rings (SSSR count). The third-order valence-electron chi connectivity index (χ3n) is 5.77. The molecule has 0 aliphatic carbocycles. The summed E-state index contributed by atoms with van der Waals surface area (Å²) >= 11 is 2.95. The molecule has 1 N–H and O–H groups in total. The van der Waals surface area contributed by atoms with Gasteiger partial charge in [0.2, 0.25) is 5.91 Å². The number of carbonyl (C=O) groups excluding carboxylic acids is 2. The molecule has 0 unspecified atom stereocenters. The van der Waals surface area contributed by atoms with Crippen molar-refractivity contribution in [3.05, 3.63) is 88.3 Å². The molecule has 2 aliphatic rings. The van der Waals surface area contributed by atoms with Crippen LogP contribution in [0.25, 0.3) is 0 Å². The van der Waals surface area contributed by atoms with Gasteiger partial charge in [0.25, 0.3) is 5.91 Å². The van der Waals surface area contributed by atoms with Gasteiger partial charge in [-0.2, -0.15) is 0 Å². The number of thioether (sulfide) groups is 2. The highest BCUT2D eigenvalue weighted by atomic mass is 32.2. The Hall–Kier alpha value is -3.69. The first-order chi connectivity index (χ1) is 17.9. The average molecular weight is 531 g/mol. The van der Waals surface area contributed by atoms with Crippen molar-refractivity contribution >= 4 is 57.6 Å². The number of nitrogens with one attached hydrogen (secondary N) is 1. The molecular weight excluding hydrogens is 504 g/mol. The maximum Gasteiger partial charge on any atom is 0.269 e. The molecule has 0 radical (unpaired) electrons. The Morgan fingerprint density at radius 2 is 1.78 bits per heavy atom. The van der Waals surface area contributed by atoms with E-state index in [1.54, 1.807) is 34.9 Å². The Bertz CT molecular complexity index is 1420. The summed E-state index contributed by atoms with van der Waals surface area (Å²) in [5, 5.41) is 4.24. The van der Waals surface area contributed by atoms with E-state index in [0.717, 1.165) is 21.2 Å². The van der Waals surface area contributed by atoms with Crippen LogP contribution in [0.15, 0.2) is 92.6 Å². The molecule has 0 aromatic heterocycles. The van der Waals surface area contributed by atoms with E-state index in [9.17, 15) is 9.59 Å². The molecule has 0 saturated carbocycles. The number of benzene rings is 3. The van der Waals surface area contributed by atoms with E-state index in [2.05, 4.69) is 22.3 Å². The molecule has 9 heteroatoms. The highest BCUT2D eigenvalue weighted by Gasteiger charge is 2.39. The summed E-state index contributed by atoms with van der Waals surface area (Å²) in [5.41, 5.74) is 3.23. The van der Waals surface area contributed by atoms with Crippen LogP contribution in [0.1, 0.15) is 19.4 Å². The van der Waals surface area contributed by atoms with Gasteiger partial charge in [-0.25, -0.2) is 4.99 Å². The number of nitrogens with zero attached hydrogens (tertiary/aromatic N) is 3. The van der Waals surface area contributed by atoms with Crippen LogP contribution in [0.3, 0.4) is 0 Å². The smallest absolute Gasteiger partial charge is 0.269 e. The lowest BCUT2D eigenvalue weighted by atomic mass is 10.2. The second-order valence-corrected chi connectivity index (χ2v) is 10.4. The Balaban J connectivity index is 1.58. The molecule has 2 aliphatic heterocycles. The van der Waals surface area contributed by atoms with Gasteiger partial charge in [0.15, 0.2) is 5.17 Å². The molecule has 37 heavy (non-hydrogen) atoms. The number of hydrogen-bond donors (Lipinski definition) is 1. The zero-order chi connectivity index (χ0) is 25.9. The van der Waals surface area contributed by atoms with Crippen molar-refractivity contribution < 1.29 is 14.3 Å². The first-order valence-electron chi connectivity index (χ1n) is 11.9. The van der Waals surface area contributed by atoms with Gasteiger partial charge in [-0.1, -0.05) is 54.2 Å². The van der Waals surface area contributed by atoms with Gasteiger partial charge in [0, 0.05) is 24.6 Å². The molecule has 2 amide bonds. The van der Waals surface area contributed by atoms with Crippen LogP contribution in [0.2, 0.25) is 0 Å². The predicted octanol–water partition coefficient (Wildman–Crippen LogP) is 6.22. The van der Waals surface area contributed by atoms with Crippen LogP contribution in [-0.2, 0) is 16.1 Å². The standard InChI is InChI=1S/C28H26N4O3S2/c1-4-35-23-15-14-20(29-18(2)33)16-21(23)30-28-32(17-19-10-6-5-7-11-19)26(34)25(37-28)27-31(3)22-12-8-9-13-24(22)36-27/h5-16H,4,17H2,1-3H3,(H,29,33). The molecule has 0 bridgehead atoms. The number of carbonyl (C=O) groups is 2. The van der Waals surface area contributed by atoms with E-state index in [-0.39, 0.29) is 11.8 Å². The Labute approximate surface area is 224 Å². The summed E-state index contributed by atoms with van der Waals surface area (Å²) < 4.78 is 5.82. The number of rotatable bonds is 6. The van der Waals surface area contributed by atoms with Crippen LogP contribution in [0.4, 0.5) is 17.1 Å². The van der Waals surface area contributed by atoms with Crippen LogP contribution in [0.5, 0.6) is 5.75 Å². The fraction of sp³-hybridized carbons (Fsp3) is 0.179. The molecule has 188 valence electrons. The number of hydrogen-bond acceptors (Lipinski definition) is 7. The maximum absolute atomic E-state index is 13.9. The van der Waals surface area contributed by atoms with Crippen molar-refractivity contribution in [2.45, 2.75) is 25.3 Å². The fourth-order valence-electron chi connectivity index (χ4n) is 4.09. The SMILES string of the molecule is CCOc1ccc(NC(C)=O)cc1N=C1SC(=C2Sc3ccccc3N2C)C(=O)N1Cc1ccccc1. The van der Waals surface area contributed by atoms with Crippen molar-refractivity contribution in [2.24, 2.45) is 4.99 Å². The fourth-order valence-corrected chi connectivity index (χ4v) is 6.43. The summed E-state index contributed by atoms with van der Waals surface area (Å²) in [4.78, 5) is 35.9. The predicted molar refractivity (Wildman–Crippen MR) is 151 cm³/mol. The summed E-state index contributed by atoms with van der Waals surface area (Å²) in [6.07, 6.45) is 0. The Kier molecular flexibility index (Phi) is 7.25. The van der Waals surface area contributed by atoms with Gasteiger partial charge in [0.1, 0.15) is 16.3 Å². The molecule has 2 heterocycles. The lowest BCUT2D eigenvalue weighted by Gasteiger charge is -2.17. The normalized spacial score (nSPS) is 17.9. The molecule has 7 nitrogen and oxygen atoms in total. The van der Waals surface area contributed by atoms with Crippen LogP contribution in [0, 0.1) is 0 Å². The largest absolute Gasteiger partial charge is 0.492 e. The quantitative estimate of drug-likeness (QED) is 0.382. The zero-order valence-corrected chi connectivity index (χ0v) is 22.4. The van der Waals surface area contributed by atoms with Gasteiger partial charge >= 0.3 is 0 Å². The third-order valence-corrected chi connectivity index (χ3v) is 8.21. The van der Waals surface area contributed by atoms with Crippen LogP contribution >= 0.6 is 23.5 Å². The average Bonchev–Trinajstić information content (AvgIpc) is 3.37. The molecular formula is C28H26N4O3S2. The van der Waals surface area contributed by atoms with Crippen molar-refractivity contribution in [1.82, 2.24) is 4.90 Å². The second kappa shape index (κ2) is 10.7. The Morgan fingerprint density at radius 3 is 2.51 bits per heavy atom. The van der Waals surface area contributed by atoms with Gasteiger partial charge < -0.3 is 15.0 Å². The molecule has 0 spiro atoms. The number of ether oxygens (including phenoxy) is 1. The minimum absolute atomic E-state index is 0.0919. The minimum atomic E-state index is -0.174. The molecule has 0 atom stereocenters. The summed E-state index contributed by atoms with van der Waals surface area (Å²) in [6, 6.07) is 23.3. The van der Waals surface area contributed by atoms with Crippen molar-refractivity contribution in [3.63, 3.8) is 0 Å². The summed E-state index contributed by atoms with van der Waals surface area (Å²) in [6.45, 7) is 4.22. The zero-order valence-electron chi connectivity index (χ0n) is 20.7. The van der Waals surface area contributed by atoms with Crippen molar-refractivity contribution in [1.29, 1.82) is 0 Å². The van der Waals surface area contributed by atoms with E-state index < -0.39 is 0 Å². The number of fused-ring (bicyclic) bond motifs is 1. The Morgan fingerprint density at radius 1 is 1.03 bits per heavy atom. The monoisotopic (exact) mass is 530 g/mol. The number of anilines is 2. The third kappa shape index (κ3) is 5.23. The maximum atomic E-state index is 13.9. The van der Waals surface area contributed by atoms with Gasteiger partial charge in [-0.15, -0.1) is 0 Å². The minimum Gasteiger partial charge on any atom is -0.492 e. The molecule has 3 aromatic carbocycles. The van der Waals surface area contributed by atoms with E-state index in [1.807, 2.05) is 56.4 Å². The van der Waals surface area contributed by atoms with Crippen molar-refractivity contribution in [2.75, 3.05) is 23.9 Å². The summed E-state index contributed by atoms with van der Waals surface area (Å²) in [7, 11) is 1.98. The highest BCUT2D eigenvalue weighted by Crippen LogP contribution is 2.50. The van der Waals surface area contributed by atoms with Crippen LogP contribution < -0.4 is 15.0 Å². The molecule has 1 saturated heterocycles. The first kappa shape index (κ1) is 25.0. The first-order valence-corrected chi connectivity index (χ1v) is 13.5. The number of amides is 2. The second-order valence-electron chi connectivity index (χ2n) is 8.43.